The summed E-state index contributed by atoms with van der Waals surface area (Å²) in [5, 5.41) is 0. The second-order valence-corrected chi connectivity index (χ2v) is 5.87. The zero-order valence-corrected chi connectivity index (χ0v) is 16.9. The Balaban J connectivity index is -0.00000128. The van der Waals surface area contributed by atoms with Gasteiger partial charge in [-0.2, -0.15) is 0 Å². The average Bonchev–Trinajstić information content (AvgIpc) is 2.31. The molecule has 0 aromatic heterocycles. The van der Waals surface area contributed by atoms with E-state index in [1.165, 1.54) is 0 Å². The minimum absolute atomic E-state index is 0. The van der Waals surface area contributed by atoms with E-state index in [2.05, 4.69) is 0 Å². The molecule has 0 spiro atoms. The van der Waals surface area contributed by atoms with Gasteiger partial charge >= 0.3 is 114 Å². The summed E-state index contributed by atoms with van der Waals surface area (Å²) in [6.45, 7) is 9.41. The van der Waals surface area contributed by atoms with E-state index >= 15 is 0 Å². The maximum absolute atomic E-state index is 11.8. The third-order valence-electron chi connectivity index (χ3n) is 2.40. The van der Waals surface area contributed by atoms with E-state index in [0.717, 1.165) is 25.9 Å². The summed E-state index contributed by atoms with van der Waals surface area (Å²) in [6.07, 6.45) is 2.93. The normalized spacial score (nSPS) is 8.63. The Morgan fingerprint density at radius 3 is 1.32 bits per heavy atom. The number of carbonyl (C=O) groups excluding carboxylic acids is 2. The number of carbonyl (C=O) groups is 2. The third-order valence-corrected chi connectivity index (χ3v) is 4.92. The first kappa shape index (κ1) is 24.6. The van der Waals surface area contributed by atoms with Crippen LogP contribution in [0.4, 0.5) is 0 Å². The summed E-state index contributed by atoms with van der Waals surface area (Å²) in [4.78, 5) is 23.7. The van der Waals surface area contributed by atoms with Crippen LogP contribution in [0.25, 0.3) is 0 Å². The van der Waals surface area contributed by atoms with Gasteiger partial charge in [-0.1, -0.05) is 0 Å². The molecule has 0 rings (SSSR count). The van der Waals surface area contributed by atoms with Gasteiger partial charge in [-0.3, -0.25) is 0 Å². The SMILES string of the molecule is CCCC(=O)[N](CC)[Ti+2][N](CC)C(=O)CCC.[Br-].[Br-]. The second kappa shape index (κ2) is 15.0. The van der Waals surface area contributed by atoms with Gasteiger partial charge < -0.3 is 34.0 Å². The monoisotopic (exact) mass is 434 g/mol. The number of nitrogens with zero attached hydrogens (tertiary/aromatic N) is 2. The number of rotatable bonds is 8. The van der Waals surface area contributed by atoms with Gasteiger partial charge in [-0.15, -0.1) is 0 Å². The van der Waals surface area contributed by atoms with Gasteiger partial charge in [0.25, 0.3) is 0 Å². The van der Waals surface area contributed by atoms with E-state index in [4.69, 9.17) is 0 Å². The van der Waals surface area contributed by atoms with Gasteiger partial charge in [0.05, 0.1) is 0 Å². The number of hydrogen-bond donors (Lipinski definition) is 0. The molecule has 0 saturated heterocycles. The molecule has 0 radical (unpaired) electrons. The molecule has 2 amide bonds. The van der Waals surface area contributed by atoms with Gasteiger partial charge in [0.2, 0.25) is 0 Å². The minimum Gasteiger partial charge on any atom is -1.00 e. The Bertz CT molecular complexity index is 232. The van der Waals surface area contributed by atoms with Gasteiger partial charge in [0.1, 0.15) is 0 Å². The summed E-state index contributed by atoms with van der Waals surface area (Å²) in [6, 6.07) is 0. The van der Waals surface area contributed by atoms with Crippen LogP contribution < -0.4 is 34.0 Å². The molecular weight excluding hydrogens is 412 g/mol. The summed E-state index contributed by atoms with van der Waals surface area (Å²) < 4.78 is 3.75. The summed E-state index contributed by atoms with van der Waals surface area (Å²) >= 11 is -0.792. The molecule has 19 heavy (non-hydrogen) atoms. The fourth-order valence-corrected chi connectivity index (χ4v) is 3.04. The number of hydrogen-bond acceptors (Lipinski definition) is 2. The Kier molecular flexibility index (Phi) is 19.5. The van der Waals surface area contributed by atoms with Crippen LogP contribution in [-0.2, 0) is 29.3 Å². The van der Waals surface area contributed by atoms with Crippen molar-refractivity contribution in [3.05, 3.63) is 0 Å². The van der Waals surface area contributed by atoms with Gasteiger partial charge in [0.15, 0.2) is 0 Å². The van der Waals surface area contributed by atoms with Crippen molar-refractivity contribution < 1.29 is 63.2 Å². The molecule has 0 aliphatic rings. The Hall–Kier alpha value is 0.614. The fraction of sp³-hybridized carbons (Fsp3) is 0.833. The molecule has 0 bridgehead atoms. The molecule has 0 saturated carbocycles. The Morgan fingerprint density at radius 1 is 0.789 bits per heavy atom. The van der Waals surface area contributed by atoms with Crippen LogP contribution in [0.2, 0.25) is 0 Å². The van der Waals surface area contributed by atoms with E-state index in [9.17, 15) is 9.59 Å². The molecule has 0 atom stereocenters. The molecule has 0 unspecified atom stereocenters. The molecule has 4 nitrogen and oxygen atoms in total. The molecule has 0 aliphatic heterocycles. The maximum Gasteiger partial charge on any atom is -1.00 e. The third kappa shape index (κ3) is 10.0. The molecular formula is C12H24Br2N2O2Ti. The van der Waals surface area contributed by atoms with Crippen LogP contribution in [-0.4, -0.2) is 31.7 Å². The fourth-order valence-electron chi connectivity index (χ4n) is 1.45. The second-order valence-electron chi connectivity index (χ2n) is 3.88. The first-order valence-electron chi connectivity index (χ1n) is 6.47. The predicted molar refractivity (Wildman–Crippen MR) is 64.6 cm³/mol. The Morgan fingerprint density at radius 2 is 1.11 bits per heavy atom. The zero-order chi connectivity index (χ0) is 13.3. The molecule has 7 heteroatoms. The van der Waals surface area contributed by atoms with Crippen molar-refractivity contribution in [1.82, 2.24) is 6.76 Å². The van der Waals surface area contributed by atoms with Crippen LogP contribution in [0.15, 0.2) is 0 Å². The van der Waals surface area contributed by atoms with Gasteiger partial charge in [-0.05, 0) is 0 Å². The topological polar surface area (TPSA) is 40.6 Å². The van der Waals surface area contributed by atoms with E-state index in [1.807, 2.05) is 34.5 Å². The maximum atomic E-state index is 11.8. The predicted octanol–water partition coefficient (Wildman–Crippen LogP) is -3.80. The van der Waals surface area contributed by atoms with Crippen molar-refractivity contribution in [1.29, 1.82) is 0 Å². The molecule has 0 aliphatic carbocycles. The molecule has 0 heterocycles. The summed E-state index contributed by atoms with van der Waals surface area (Å²) in [5.41, 5.74) is 0. The molecule has 0 N–H and O–H groups in total. The van der Waals surface area contributed by atoms with Gasteiger partial charge in [-0.25, -0.2) is 0 Å². The molecule has 0 fully saturated rings. The van der Waals surface area contributed by atoms with Crippen LogP contribution in [0.3, 0.4) is 0 Å². The zero-order valence-electron chi connectivity index (χ0n) is 12.2. The van der Waals surface area contributed by atoms with Crippen LogP contribution in [0.1, 0.15) is 53.4 Å². The van der Waals surface area contributed by atoms with Crippen molar-refractivity contribution in [2.24, 2.45) is 0 Å². The van der Waals surface area contributed by atoms with Crippen molar-refractivity contribution in [2.45, 2.75) is 53.4 Å². The van der Waals surface area contributed by atoms with Crippen molar-refractivity contribution in [3.63, 3.8) is 0 Å². The first-order valence-corrected chi connectivity index (χ1v) is 7.87. The molecule has 112 valence electrons. The van der Waals surface area contributed by atoms with Crippen LogP contribution in [0, 0.1) is 0 Å². The van der Waals surface area contributed by atoms with E-state index in [0.29, 0.717) is 12.8 Å². The summed E-state index contributed by atoms with van der Waals surface area (Å²) in [5.74, 6) is 0.385. The van der Waals surface area contributed by atoms with Crippen molar-refractivity contribution in [2.75, 3.05) is 13.1 Å². The summed E-state index contributed by atoms with van der Waals surface area (Å²) in [7, 11) is 0. The van der Waals surface area contributed by atoms with E-state index < -0.39 is 19.7 Å². The average molecular weight is 436 g/mol. The van der Waals surface area contributed by atoms with Crippen molar-refractivity contribution >= 4 is 11.8 Å². The number of amides is 2. The van der Waals surface area contributed by atoms with Crippen LogP contribution >= 0.6 is 0 Å². The van der Waals surface area contributed by atoms with Crippen molar-refractivity contribution in [3.8, 4) is 0 Å². The van der Waals surface area contributed by atoms with Crippen LogP contribution in [0.5, 0.6) is 0 Å². The van der Waals surface area contributed by atoms with E-state index in [1.54, 1.807) is 0 Å². The molecule has 0 aromatic rings. The quantitative estimate of drug-likeness (QED) is 0.367. The number of halogens is 2. The van der Waals surface area contributed by atoms with E-state index in [-0.39, 0.29) is 45.8 Å². The standard InChI is InChI=1S/2C6H13NO.2BrH.Ti/c2*1-3-5-6(8)7-4-2;;;/h2*3-5H2,1-2H3,(H,7,8);2*1H;/q;;;;+4/p-4. The van der Waals surface area contributed by atoms with Gasteiger partial charge in [0, 0.05) is 0 Å². The minimum atomic E-state index is -0.792. The first-order chi connectivity index (χ1) is 8.10. The Labute approximate surface area is 147 Å². The smallest absolute Gasteiger partial charge is 1.00 e. The largest absolute Gasteiger partial charge is 1.00 e. The molecule has 0 aromatic carbocycles.